The second kappa shape index (κ2) is 8.68. The van der Waals surface area contributed by atoms with Crippen molar-refractivity contribution in [1.29, 1.82) is 0 Å². The van der Waals surface area contributed by atoms with Crippen molar-refractivity contribution in [2.75, 3.05) is 19.8 Å². The third-order valence-electron chi connectivity index (χ3n) is 4.34. The predicted molar refractivity (Wildman–Crippen MR) is 90.9 cm³/mol. The van der Waals surface area contributed by atoms with Gasteiger partial charge in [-0.25, -0.2) is 4.79 Å². The lowest BCUT2D eigenvalue weighted by atomic mass is 9.90. The van der Waals surface area contributed by atoms with E-state index in [4.69, 9.17) is 9.84 Å². The molecular formula is C18H26N2O4. The van der Waals surface area contributed by atoms with E-state index in [9.17, 15) is 9.59 Å². The summed E-state index contributed by atoms with van der Waals surface area (Å²) in [6, 6.07) is 9.29. The smallest absolute Gasteiger partial charge is 0.315 e. The Hall–Kier alpha value is -2.08. The Bertz CT molecular complexity index is 541. The van der Waals surface area contributed by atoms with Crippen molar-refractivity contribution in [2.45, 2.75) is 38.6 Å². The van der Waals surface area contributed by atoms with Crippen molar-refractivity contribution in [3.8, 4) is 0 Å². The standard InChI is InChI=1S/C18H26N2O4/c1-18(9-10-24-13-18)12-19-17(23)20-15(7-8-16(21)22)11-14-5-3-2-4-6-14/h2-6,15H,7-13H2,1H3,(H,21,22)(H2,19,20,23). The van der Waals surface area contributed by atoms with Gasteiger partial charge in [0.1, 0.15) is 0 Å². The molecule has 1 aliphatic rings. The van der Waals surface area contributed by atoms with E-state index in [1.54, 1.807) is 0 Å². The van der Waals surface area contributed by atoms with Crippen LogP contribution >= 0.6 is 0 Å². The van der Waals surface area contributed by atoms with Crippen molar-refractivity contribution < 1.29 is 19.4 Å². The maximum absolute atomic E-state index is 12.2. The number of carbonyl (C=O) groups is 2. The van der Waals surface area contributed by atoms with E-state index in [2.05, 4.69) is 17.6 Å². The molecule has 2 unspecified atom stereocenters. The van der Waals surface area contributed by atoms with E-state index in [1.807, 2.05) is 30.3 Å². The Balaban J connectivity index is 1.86. The predicted octanol–water partition coefficient (Wildman–Crippen LogP) is 2.19. The van der Waals surface area contributed by atoms with Crippen LogP contribution in [0.3, 0.4) is 0 Å². The van der Waals surface area contributed by atoms with Gasteiger partial charge in [0.15, 0.2) is 0 Å². The van der Waals surface area contributed by atoms with Crippen molar-refractivity contribution in [1.82, 2.24) is 10.6 Å². The number of hydrogen-bond donors (Lipinski definition) is 3. The van der Waals surface area contributed by atoms with Crippen molar-refractivity contribution >= 4 is 12.0 Å². The molecular weight excluding hydrogens is 308 g/mol. The number of rotatable bonds is 8. The summed E-state index contributed by atoms with van der Waals surface area (Å²) in [6.45, 7) is 4.02. The molecule has 1 aromatic carbocycles. The molecule has 1 aliphatic heterocycles. The lowest BCUT2D eigenvalue weighted by molar-refractivity contribution is -0.137. The number of urea groups is 1. The number of hydrogen-bond acceptors (Lipinski definition) is 3. The van der Waals surface area contributed by atoms with Crippen molar-refractivity contribution in [3.63, 3.8) is 0 Å². The molecule has 0 spiro atoms. The first-order chi connectivity index (χ1) is 11.5. The average Bonchev–Trinajstić information content (AvgIpc) is 2.99. The third-order valence-corrected chi connectivity index (χ3v) is 4.34. The fourth-order valence-electron chi connectivity index (χ4n) is 2.80. The maximum atomic E-state index is 12.2. The van der Waals surface area contributed by atoms with Gasteiger partial charge in [0.05, 0.1) is 6.61 Å². The number of amides is 2. The topological polar surface area (TPSA) is 87.7 Å². The van der Waals surface area contributed by atoms with E-state index in [0.29, 0.717) is 26.0 Å². The molecule has 2 atom stereocenters. The van der Waals surface area contributed by atoms with Gasteiger partial charge in [0, 0.05) is 31.0 Å². The van der Waals surface area contributed by atoms with Gasteiger partial charge in [-0.15, -0.1) is 0 Å². The van der Waals surface area contributed by atoms with Crippen LogP contribution in [0.25, 0.3) is 0 Å². The first-order valence-electron chi connectivity index (χ1n) is 8.35. The first-order valence-corrected chi connectivity index (χ1v) is 8.35. The number of nitrogens with one attached hydrogen (secondary N) is 2. The molecule has 24 heavy (non-hydrogen) atoms. The Morgan fingerprint density at radius 2 is 2.08 bits per heavy atom. The van der Waals surface area contributed by atoms with Gasteiger partial charge < -0.3 is 20.5 Å². The summed E-state index contributed by atoms with van der Waals surface area (Å²) in [5, 5.41) is 14.7. The molecule has 2 amide bonds. The minimum Gasteiger partial charge on any atom is -0.481 e. The normalized spacial score (nSPS) is 21.2. The van der Waals surface area contributed by atoms with Crippen LogP contribution in [0.15, 0.2) is 30.3 Å². The van der Waals surface area contributed by atoms with Crippen LogP contribution in [0.4, 0.5) is 4.79 Å². The van der Waals surface area contributed by atoms with Gasteiger partial charge in [-0.1, -0.05) is 37.3 Å². The number of benzene rings is 1. The summed E-state index contributed by atoms with van der Waals surface area (Å²) in [5.74, 6) is -0.856. The van der Waals surface area contributed by atoms with Crippen LogP contribution in [-0.2, 0) is 16.0 Å². The molecule has 1 saturated heterocycles. The van der Waals surface area contributed by atoms with Gasteiger partial charge >= 0.3 is 12.0 Å². The summed E-state index contributed by atoms with van der Waals surface area (Å²) in [7, 11) is 0. The molecule has 1 heterocycles. The Morgan fingerprint density at radius 3 is 2.71 bits per heavy atom. The zero-order chi connectivity index (χ0) is 17.4. The van der Waals surface area contributed by atoms with Crippen LogP contribution in [0.5, 0.6) is 0 Å². The fraction of sp³-hybridized carbons (Fsp3) is 0.556. The van der Waals surface area contributed by atoms with Gasteiger partial charge in [-0.3, -0.25) is 4.79 Å². The van der Waals surface area contributed by atoms with E-state index in [0.717, 1.165) is 18.6 Å². The Morgan fingerprint density at radius 1 is 1.33 bits per heavy atom. The molecule has 1 aromatic rings. The number of carboxylic acids is 1. The van der Waals surface area contributed by atoms with Crippen LogP contribution in [0.1, 0.15) is 31.7 Å². The summed E-state index contributed by atoms with van der Waals surface area (Å²) < 4.78 is 5.38. The molecule has 0 saturated carbocycles. The summed E-state index contributed by atoms with van der Waals surface area (Å²) in [6.07, 6.45) is 1.98. The fourth-order valence-corrected chi connectivity index (χ4v) is 2.80. The number of carboxylic acid groups (broad SMARTS) is 1. The van der Waals surface area contributed by atoms with Gasteiger partial charge in [-0.05, 0) is 24.8 Å². The van der Waals surface area contributed by atoms with Gasteiger partial charge in [0.25, 0.3) is 0 Å². The minimum atomic E-state index is -0.856. The highest BCUT2D eigenvalue weighted by Gasteiger charge is 2.30. The second-order valence-corrected chi connectivity index (χ2v) is 6.76. The molecule has 132 valence electrons. The van der Waals surface area contributed by atoms with Gasteiger partial charge in [-0.2, -0.15) is 0 Å². The Labute approximate surface area is 142 Å². The highest BCUT2D eigenvalue weighted by atomic mass is 16.5. The maximum Gasteiger partial charge on any atom is 0.315 e. The van der Waals surface area contributed by atoms with Crippen molar-refractivity contribution in [3.05, 3.63) is 35.9 Å². The van der Waals surface area contributed by atoms with E-state index >= 15 is 0 Å². The number of carbonyl (C=O) groups excluding carboxylic acids is 1. The summed E-state index contributed by atoms with van der Waals surface area (Å²) in [4.78, 5) is 23.0. The van der Waals surface area contributed by atoms with Gasteiger partial charge in [0.2, 0.25) is 0 Å². The minimum absolute atomic E-state index is 0.0205. The zero-order valence-corrected chi connectivity index (χ0v) is 14.1. The van der Waals surface area contributed by atoms with Crippen LogP contribution in [0.2, 0.25) is 0 Å². The molecule has 0 aliphatic carbocycles. The molecule has 0 radical (unpaired) electrons. The van der Waals surface area contributed by atoms with E-state index < -0.39 is 5.97 Å². The van der Waals surface area contributed by atoms with Crippen LogP contribution < -0.4 is 10.6 Å². The molecule has 3 N–H and O–H groups in total. The molecule has 0 bridgehead atoms. The van der Waals surface area contributed by atoms with Crippen LogP contribution in [0, 0.1) is 5.41 Å². The molecule has 1 fully saturated rings. The average molecular weight is 334 g/mol. The first kappa shape index (κ1) is 18.3. The van der Waals surface area contributed by atoms with Crippen molar-refractivity contribution in [2.24, 2.45) is 5.41 Å². The largest absolute Gasteiger partial charge is 0.481 e. The third kappa shape index (κ3) is 6.20. The second-order valence-electron chi connectivity index (χ2n) is 6.76. The molecule has 0 aromatic heterocycles. The molecule has 6 nitrogen and oxygen atoms in total. The van der Waals surface area contributed by atoms with Crippen LogP contribution in [-0.4, -0.2) is 42.9 Å². The highest BCUT2D eigenvalue weighted by molar-refractivity contribution is 5.74. The summed E-state index contributed by atoms with van der Waals surface area (Å²) in [5.41, 5.74) is 1.05. The quantitative estimate of drug-likeness (QED) is 0.680. The number of ether oxygens (including phenoxy) is 1. The lowest BCUT2D eigenvalue weighted by Gasteiger charge is -2.24. The number of aliphatic carboxylic acids is 1. The Kier molecular flexibility index (Phi) is 6.61. The van der Waals surface area contributed by atoms with E-state index in [1.165, 1.54) is 0 Å². The highest BCUT2D eigenvalue weighted by Crippen LogP contribution is 2.26. The lowest BCUT2D eigenvalue weighted by Crippen LogP contribution is -2.46. The zero-order valence-electron chi connectivity index (χ0n) is 14.1. The molecule has 2 rings (SSSR count). The summed E-state index contributed by atoms with van der Waals surface area (Å²) >= 11 is 0. The SMILES string of the molecule is CC1(CNC(=O)NC(CCC(=O)O)Cc2ccccc2)CCOC1. The molecule has 6 heteroatoms. The van der Waals surface area contributed by atoms with E-state index in [-0.39, 0.29) is 23.9 Å². The monoisotopic (exact) mass is 334 g/mol.